The monoisotopic (exact) mass is 534 g/mol. The number of ether oxygens (including phenoxy) is 2. The van der Waals surface area contributed by atoms with Crippen LogP contribution in [0.2, 0.25) is 5.02 Å². The number of aliphatic hydroxyl groups excluding tert-OH is 1. The molecular weight excluding hydrogens is 512 g/mol. The molecule has 1 N–H and O–H groups in total. The summed E-state index contributed by atoms with van der Waals surface area (Å²) in [7, 11) is 1.51. The van der Waals surface area contributed by atoms with Crippen LogP contribution in [0.25, 0.3) is 16.0 Å². The number of benzene rings is 3. The summed E-state index contributed by atoms with van der Waals surface area (Å²) in [5, 5.41) is 12.2. The molecule has 1 atom stereocenters. The number of methoxy groups -OCH3 is 1. The summed E-state index contributed by atoms with van der Waals surface area (Å²) in [4.78, 5) is 32.8. The molecule has 2 heterocycles. The van der Waals surface area contributed by atoms with Crippen LogP contribution in [0.3, 0.4) is 0 Å². The number of rotatable bonds is 7. The quantitative estimate of drug-likeness (QED) is 0.168. The second kappa shape index (κ2) is 10.2. The molecule has 37 heavy (non-hydrogen) atoms. The van der Waals surface area contributed by atoms with Crippen molar-refractivity contribution in [3.05, 3.63) is 88.5 Å². The molecule has 0 bridgehead atoms. The topological polar surface area (TPSA) is 89.0 Å². The Morgan fingerprint density at radius 3 is 2.59 bits per heavy atom. The van der Waals surface area contributed by atoms with Crippen molar-refractivity contribution in [2.24, 2.45) is 0 Å². The molecule has 9 heteroatoms. The van der Waals surface area contributed by atoms with Gasteiger partial charge in [-0.3, -0.25) is 14.5 Å². The largest absolute Gasteiger partial charge is 0.507 e. The summed E-state index contributed by atoms with van der Waals surface area (Å²) < 4.78 is 11.8. The summed E-state index contributed by atoms with van der Waals surface area (Å²) in [6, 6.07) is 18.2. The fraction of sp³-hybridized carbons (Fsp3) is 0.179. The maximum Gasteiger partial charge on any atom is 0.301 e. The number of halogens is 1. The molecule has 3 aromatic carbocycles. The van der Waals surface area contributed by atoms with E-state index in [0.29, 0.717) is 44.9 Å². The SMILES string of the molecule is CCCOc1ccc(C2C(=C(O)c3cccc(OC)c3)C(=O)C(=O)N2c2nc3ccc(Cl)cc3s2)cc1. The molecule has 1 saturated heterocycles. The van der Waals surface area contributed by atoms with Gasteiger partial charge in [0.05, 0.1) is 35.5 Å². The minimum Gasteiger partial charge on any atom is -0.507 e. The third kappa shape index (κ3) is 4.65. The van der Waals surface area contributed by atoms with Gasteiger partial charge >= 0.3 is 5.91 Å². The maximum absolute atomic E-state index is 13.4. The minimum absolute atomic E-state index is 0.0298. The first-order valence-electron chi connectivity index (χ1n) is 11.7. The van der Waals surface area contributed by atoms with Gasteiger partial charge in [-0.05, 0) is 54.4 Å². The Morgan fingerprint density at radius 2 is 1.86 bits per heavy atom. The van der Waals surface area contributed by atoms with Crippen LogP contribution >= 0.6 is 22.9 Å². The first-order chi connectivity index (χ1) is 17.9. The van der Waals surface area contributed by atoms with Gasteiger partial charge in [0.1, 0.15) is 17.3 Å². The highest BCUT2D eigenvalue weighted by atomic mass is 35.5. The van der Waals surface area contributed by atoms with E-state index in [4.69, 9.17) is 21.1 Å². The lowest BCUT2D eigenvalue weighted by molar-refractivity contribution is -0.132. The lowest BCUT2D eigenvalue weighted by Crippen LogP contribution is -2.29. The predicted molar refractivity (Wildman–Crippen MR) is 145 cm³/mol. The highest BCUT2D eigenvalue weighted by Gasteiger charge is 2.48. The molecule has 4 aromatic rings. The number of carbonyl (C=O) groups is 2. The lowest BCUT2D eigenvalue weighted by atomic mass is 9.95. The van der Waals surface area contributed by atoms with E-state index in [9.17, 15) is 14.7 Å². The molecule has 188 valence electrons. The fourth-order valence-corrected chi connectivity index (χ4v) is 5.49. The smallest absolute Gasteiger partial charge is 0.301 e. The number of thiazole rings is 1. The van der Waals surface area contributed by atoms with Crippen molar-refractivity contribution in [1.82, 2.24) is 4.98 Å². The average Bonchev–Trinajstić information content (AvgIpc) is 3.44. The van der Waals surface area contributed by atoms with Gasteiger partial charge < -0.3 is 14.6 Å². The maximum atomic E-state index is 13.4. The van der Waals surface area contributed by atoms with E-state index in [1.165, 1.54) is 23.3 Å². The fourth-order valence-electron chi connectivity index (χ4n) is 4.23. The third-order valence-corrected chi connectivity index (χ3v) is 7.25. The zero-order chi connectivity index (χ0) is 26.1. The van der Waals surface area contributed by atoms with Crippen LogP contribution in [-0.2, 0) is 9.59 Å². The average molecular weight is 535 g/mol. The number of hydrogen-bond donors (Lipinski definition) is 1. The molecule has 5 rings (SSSR count). The van der Waals surface area contributed by atoms with E-state index in [1.807, 2.05) is 6.92 Å². The van der Waals surface area contributed by atoms with Gasteiger partial charge in [-0.2, -0.15) is 0 Å². The van der Waals surface area contributed by atoms with Gasteiger partial charge in [-0.1, -0.05) is 54.1 Å². The highest BCUT2D eigenvalue weighted by Crippen LogP contribution is 2.45. The summed E-state index contributed by atoms with van der Waals surface area (Å²) in [5.41, 5.74) is 1.62. The van der Waals surface area contributed by atoms with Gasteiger partial charge in [-0.15, -0.1) is 0 Å². The molecule has 1 aliphatic rings. The lowest BCUT2D eigenvalue weighted by Gasteiger charge is -2.23. The number of anilines is 1. The van der Waals surface area contributed by atoms with Crippen LogP contribution in [0.1, 0.15) is 30.5 Å². The highest BCUT2D eigenvalue weighted by molar-refractivity contribution is 7.22. The molecule has 1 unspecified atom stereocenters. The van der Waals surface area contributed by atoms with Crippen molar-refractivity contribution in [1.29, 1.82) is 0 Å². The number of hydrogen-bond acceptors (Lipinski definition) is 7. The first kappa shape index (κ1) is 24.8. The Bertz CT molecular complexity index is 1530. The van der Waals surface area contributed by atoms with E-state index in [1.54, 1.807) is 66.7 Å². The van der Waals surface area contributed by atoms with E-state index >= 15 is 0 Å². The Hall–Kier alpha value is -3.88. The molecule has 0 spiro atoms. The molecule has 7 nitrogen and oxygen atoms in total. The number of amides is 1. The Kier molecular flexibility index (Phi) is 6.86. The van der Waals surface area contributed by atoms with Gasteiger partial charge in [0.15, 0.2) is 5.13 Å². The van der Waals surface area contributed by atoms with Crippen LogP contribution in [0.15, 0.2) is 72.3 Å². The number of carbonyl (C=O) groups excluding carboxylic acids is 2. The van der Waals surface area contributed by atoms with Crippen LogP contribution in [-0.4, -0.2) is 35.5 Å². The van der Waals surface area contributed by atoms with Crippen molar-refractivity contribution in [2.75, 3.05) is 18.6 Å². The number of fused-ring (bicyclic) bond motifs is 1. The van der Waals surface area contributed by atoms with Crippen molar-refractivity contribution < 1.29 is 24.2 Å². The number of nitrogens with zero attached hydrogens (tertiary/aromatic N) is 2. The molecular formula is C28H23ClN2O5S. The molecule has 1 amide bonds. The van der Waals surface area contributed by atoms with Gasteiger partial charge in [0.25, 0.3) is 5.78 Å². The van der Waals surface area contributed by atoms with Crippen LogP contribution in [0, 0.1) is 0 Å². The third-order valence-electron chi connectivity index (χ3n) is 6.00. The van der Waals surface area contributed by atoms with E-state index in [0.717, 1.165) is 11.1 Å². The predicted octanol–water partition coefficient (Wildman–Crippen LogP) is 6.37. The second-order valence-corrected chi connectivity index (χ2v) is 9.87. The Labute approximate surface area is 222 Å². The van der Waals surface area contributed by atoms with Crippen molar-refractivity contribution >= 4 is 55.7 Å². The van der Waals surface area contributed by atoms with Crippen LogP contribution in [0.4, 0.5) is 5.13 Å². The molecule has 0 radical (unpaired) electrons. The van der Waals surface area contributed by atoms with Gasteiger partial charge in [-0.25, -0.2) is 4.98 Å². The molecule has 1 fully saturated rings. The Morgan fingerprint density at radius 1 is 1.08 bits per heavy atom. The molecule has 0 saturated carbocycles. The van der Waals surface area contributed by atoms with E-state index < -0.39 is 17.7 Å². The minimum atomic E-state index is -0.900. The zero-order valence-corrected chi connectivity index (χ0v) is 21.7. The molecule has 0 aliphatic carbocycles. The number of Topliss-reactive ketones (excluding diaryl/α,β-unsaturated/α-hetero) is 1. The summed E-state index contributed by atoms with van der Waals surface area (Å²) in [5.74, 6) is -0.680. The number of ketones is 1. The number of aromatic nitrogens is 1. The molecule has 1 aliphatic heterocycles. The van der Waals surface area contributed by atoms with Crippen molar-refractivity contribution in [3.8, 4) is 11.5 Å². The normalized spacial score (nSPS) is 16.9. The summed E-state index contributed by atoms with van der Waals surface area (Å²) in [6.07, 6.45) is 0.865. The van der Waals surface area contributed by atoms with Crippen molar-refractivity contribution in [3.63, 3.8) is 0 Å². The van der Waals surface area contributed by atoms with E-state index in [-0.39, 0.29) is 11.3 Å². The summed E-state index contributed by atoms with van der Waals surface area (Å²) >= 11 is 7.41. The number of aliphatic hydroxyl groups is 1. The zero-order valence-electron chi connectivity index (χ0n) is 20.1. The first-order valence-corrected chi connectivity index (χ1v) is 12.8. The standard InChI is InChI=1S/C28H23ClN2O5S/c1-3-13-36-19-10-7-16(8-11-19)24-23(25(32)17-5-4-6-20(14-17)35-2)26(33)27(34)31(24)28-30-21-12-9-18(29)15-22(21)37-28/h4-12,14-15,24,32H,3,13H2,1-2H3. The van der Waals surface area contributed by atoms with Crippen LogP contribution < -0.4 is 14.4 Å². The van der Waals surface area contributed by atoms with Gasteiger partial charge in [0, 0.05) is 10.6 Å². The van der Waals surface area contributed by atoms with Crippen molar-refractivity contribution in [2.45, 2.75) is 19.4 Å². The Balaban J connectivity index is 1.68. The molecule has 1 aromatic heterocycles. The van der Waals surface area contributed by atoms with Crippen LogP contribution in [0.5, 0.6) is 11.5 Å². The van der Waals surface area contributed by atoms with E-state index in [2.05, 4.69) is 4.98 Å². The second-order valence-electron chi connectivity index (χ2n) is 8.43. The summed E-state index contributed by atoms with van der Waals surface area (Å²) in [6.45, 7) is 2.59. The van der Waals surface area contributed by atoms with Gasteiger partial charge in [0.2, 0.25) is 0 Å².